The second-order valence-electron chi connectivity index (χ2n) is 9.67. The molecule has 2 fully saturated rings. The summed E-state index contributed by atoms with van der Waals surface area (Å²) in [5.74, 6) is 0.726. The lowest BCUT2D eigenvalue weighted by molar-refractivity contribution is 0.0378. The Morgan fingerprint density at radius 2 is 1.72 bits per heavy atom. The fraction of sp³-hybridized carbons (Fsp3) is 0.286. The molecule has 0 radical (unpaired) electrons. The number of piperazine rings is 1. The van der Waals surface area contributed by atoms with Gasteiger partial charge in [-0.15, -0.1) is 0 Å². The van der Waals surface area contributed by atoms with E-state index in [1.54, 1.807) is 17.0 Å². The van der Waals surface area contributed by atoms with Crippen molar-refractivity contribution in [1.82, 2.24) is 10.2 Å². The summed E-state index contributed by atoms with van der Waals surface area (Å²) in [5.41, 5.74) is 2.39. The number of carbonyl (C=O) groups is 2. The Morgan fingerprint density at radius 3 is 2.53 bits per heavy atom. The molecule has 3 aliphatic heterocycles. The number of carbonyl (C=O) groups excluding carboxylic acids is 2. The maximum absolute atomic E-state index is 13.4. The van der Waals surface area contributed by atoms with Crippen molar-refractivity contribution in [2.75, 3.05) is 36.0 Å². The molecule has 7 nitrogen and oxygen atoms in total. The summed E-state index contributed by atoms with van der Waals surface area (Å²) >= 11 is 6.15. The molecule has 0 saturated carbocycles. The molecule has 6 rings (SSSR count). The highest BCUT2D eigenvalue weighted by molar-refractivity contribution is 6.30. The molecule has 0 aliphatic carbocycles. The van der Waals surface area contributed by atoms with Gasteiger partial charge in [0.1, 0.15) is 5.75 Å². The highest BCUT2D eigenvalue weighted by Gasteiger charge is 2.49. The first-order valence-electron chi connectivity index (χ1n) is 12.2. The Bertz CT molecular complexity index is 1340. The van der Waals surface area contributed by atoms with E-state index in [4.69, 9.17) is 16.3 Å². The molecule has 2 atom stereocenters. The predicted molar refractivity (Wildman–Crippen MR) is 140 cm³/mol. The zero-order valence-electron chi connectivity index (χ0n) is 20.0. The van der Waals surface area contributed by atoms with Crippen molar-refractivity contribution in [3.8, 4) is 5.75 Å². The van der Waals surface area contributed by atoms with Crippen molar-refractivity contribution >= 4 is 34.9 Å². The zero-order valence-corrected chi connectivity index (χ0v) is 20.7. The van der Waals surface area contributed by atoms with Gasteiger partial charge in [0.05, 0.1) is 11.7 Å². The van der Waals surface area contributed by atoms with E-state index in [0.717, 1.165) is 30.1 Å². The lowest BCUT2D eigenvalue weighted by Crippen LogP contribution is -2.65. The summed E-state index contributed by atoms with van der Waals surface area (Å²) in [5, 5.41) is 3.81. The molecule has 184 valence electrons. The molecule has 0 aromatic heterocycles. The number of nitrogens with one attached hydrogen (secondary N) is 1. The molecule has 3 heterocycles. The summed E-state index contributed by atoms with van der Waals surface area (Å²) in [7, 11) is 0. The van der Waals surface area contributed by atoms with Gasteiger partial charge in [-0.3, -0.25) is 9.69 Å². The van der Waals surface area contributed by atoms with E-state index >= 15 is 0 Å². The van der Waals surface area contributed by atoms with Gasteiger partial charge in [-0.25, -0.2) is 4.79 Å². The lowest BCUT2D eigenvalue weighted by atomic mass is 9.90. The maximum atomic E-state index is 13.4. The quantitative estimate of drug-likeness (QED) is 0.543. The molecule has 2 bridgehead atoms. The van der Waals surface area contributed by atoms with E-state index in [2.05, 4.69) is 10.2 Å². The Balaban J connectivity index is 1.21. The largest absolute Gasteiger partial charge is 0.467 e. The van der Waals surface area contributed by atoms with E-state index in [0.29, 0.717) is 35.8 Å². The van der Waals surface area contributed by atoms with Crippen molar-refractivity contribution in [1.29, 1.82) is 0 Å². The van der Waals surface area contributed by atoms with Crippen molar-refractivity contribution in [3.63, 3.8) is 0 Å². The summed E-state index contributed by atoms with van der Waals surface area (Å²) in [6, 6.07) is 22.5. The first-order chi connectivity index (χ1) is 17.4. The van der Waals surface area contributed by atoms with Crippen LogP contribution in [0.1, 0.15) is 35.3 Å². The van der Waals surface area contributed by atoms with Crippen LogP contribution in [0.25, 0.3) is 0 Å². The highest BCUT2D eigenvalue weighted by Crippen LogP contribution is 2.45. The number of ether oxygens (including phenoxy) is 1. The first kappa shape index (κ1) is 22.7. The molecule has 2 saturated heterocycles. The maximum Gasteiger partial charge on any atom is 0.325 e. The third-order valence-electron chi connectivity index (χ3n) is 7.27. The van der Waals surface area contributed by atoms with Crippen LogP contribution in [0, 0.1) is 0 Å². The van der Waals surface area contributed by atoms with Crippen molar-refractivity contribution in [2.24, 2.45) is 0 Å². The van der Waals surface area contributed by atoms with Gasteiger partial charge in [0.15, 0.2) is 5.72 Å². The summed E-state index contributed by atoms with van der Waals surface area (Å²) in [6.45, 7) is 4.61. The number of hydrogen-bond donors (Lipinski definition) is 1. The fourth-order valence-electron chi connectivity index (χ4n) is 5.51. The first-order valence-corrected chi connectivity index (χ1v) is 12.6. The molecule has 0 unspecified atom stereocenters. The lowest BCUT2D eigenvalue weighted by Gasteiger charge is -2.50. The number of urea groups is 1. The van der Waals surface area contributed by atoms with Crippen LogP contribution in [0.5, 0.6) is 5.75 Å². The van der Waals surface area contributed by atoms with Crippen LogP contribution in [-0.2, 0) is 0 Å². The van der Waals surface area contributed by atoms with Gasteiger partial charge in [0.2, 0.25) is 0 Å². The van der Waals surface area contributed by atoms with Crippen LogP contribution in [-0.4, -0.2) is 48.7 Å². The Hall–Kier alpha value is -3.71. The number of nitrogens with zero attached hydrogens (tertiary/aromatic N) is 3. The Morgan fingerprint density at radius 1 is 0.972 bits per heavy atom. The SMILES string of the molecule is C[C@@]12C[C@@H](NC(=O)N1c1cccc(C(=O)N3CCN(c4cccc(Cl)c4)CC3)c1)c1ccccc1O2. The van der Waals surface area contributed by atoms with Crippen LogP contribution in [0.4, 0.5) is 16.2 Å². The number of benzene rings is 3. The average Bonchev–Trinajstić information content (AvgIpc) is 2.88. The summed E-state index contributed by atoms with van der Waals surface area (Å²) in [4.78, 5) is 32.4. The van der Waals surface area contributed by atoms with E-state index in [-0.39, 0.29) is 18.0 Å². The van der Waals surface area contributed by atoms with Crippen LogP contribution < -0.4 is 19.9 Å². The van der Waals surface area contributed by atoms with Crippen LogP contribution >= 0.6 is 11.6 Å². The molecule has 3 amide bonds. The minimum absolute atomic E-state index is 0.0436. The molecule has 3 aromatic carbocycles. The third-order valence-corrected chi connectivity index (χ3v) is 7.51. The van der Waals surface area contributed by atoms with Crippen LogP contribution in [0.2, 0.25) is 5.02 Å². The van der Waals surface area contributed by atoms with Crippen molar-refractivity contribution in [3.05, 3.63) is 88.9 Å². The molecular weight excluding hydrogens is 476 g/mol. The average molecular weight is 503 g/mol. The fourth-order valence-corrected chi connectivity index (χ4v) is 5.70. The molecule has 8 heteroatoms. The smallest absolute Gasteiger partial charge is 0.325 e. The Labute approximate surface area is 215 Å². The van der Waals surface area contributed by atoms with Gasteiger partial charge in [-0.2, -0.15) is 0 Å². The minimum Gasteiger partial charge on any atom is -0.467 e. The molecule has 36 heavy (non-hydrogen) atoms. The Kier molecular flexibility index (Phi) is 5.52. The standard InChI is InChI=1S/C28H27ClN4O3/c1-28-18-24(23-10-2-3-11-25(23)36-28)30-27(35)33(28)22-9-4-6-19(16-22)26(34)32-14-12-31(13-15-32)21-8-5-7-20(29)17-21/h2-11,16-17,24H,12-15,18H2,1H3,(H,30,35)/t24-,28-/m1/s1. The summed E-state index contributed by atoms with van der Waals surface area (Å²) < 4.78 is 6.36. The van der Waals surface area contributed by atoms with E-state index < -0.39 is 5.72 Å². The molecule has 3 aliphatic rings. The van der Waals surface area contributed by atoms with E-state index in [1.165, 1.54) is 0 Å². The topological polar surface area (TPSA) is 65.1 Å². The number of amides is 3. The van der Waals surface area contributed by atoms with Crippen molar-refractivity contribution < 1.29 is 14.3 Å². The highest BCUT2D eigenvalue weighted by atomic mass is 35.5. The van der Waals surface area contributed by atoms with Gasteiger partial charge in [-0.1, -0.05) is 41.9 Å². The predicted octanol–water partition coefficient (Wildman–Crippen LogP) is 5.07. The van der Waals surface area contributed by atoms with Gasteiger partial charge in [-0.05, 0) is 49.4 Å². The van der Waals surface area contributed by atoms with E-state index in [1.807, 2.05) is 72.5 Å². The molecule has 0 spiro atoms. The zero-order chi connectivity index (χ0) is 24.9. The van der Waals surface area contributed by atoms with Gasteiger partial charge in [0, 0.05) is 54.4 Å². The second kappa shape index (κ2) is 8.75. The monoisotopic (exact) mass is 502 g/mol. The van der Waals surface area contributed by atoms with Gasteiger partial charge >= 0.3 is 6.03 Å². The van der Waals surface area contributed by atoms with Crippen LogP contribution in [0.3, 0.4) is 0 Å². The number of anilines is 2. The van der Waals surface area contributed by atoms with E-state index in [9.17, 15) is 9.59 Å². The van der Waals surface area contributed by atoms with Crippen molar-refractivity contribution in [2.45, 2.75) is 25.1 Å². The second-order valence-corrected chi connectivity index (χ2v) is 10.1. The molecule has 3 aromatic rings. The third kappa shape index (κ3) is 3.93. The van der Waals surface area contributed by atoms with Crippen LogP contribution in [0.15, 0.2) is 72.8 Å². The number of rotatable bonds is 3. The minimum atomic E-state index is -0.856. The summed E-state index contributed by atoms with van der Waals surface area (Å²) in [6.07, 6.45) is 0.611. The van der Waals surface area contributed by atoms with Gasteiger partial charge in [0.25, 0.3) is 5.91 Å². The number of halogens is 1. The molecule has 1 N–H and O–H groups in total. The number of para-hydroxylation sites is 1. The van der Waals surface area contributed by atoms with Gasteiger partial charge < -0.3 is 19.9 Å². The number of fused-ring (bicyclic) bond motifs is 4. The number of hydrogen-bond acceptors (Lipinski definition) is 4. The molecular formula is C28H27ClN4O3. The normalized spacial score (nSPS) is 23.0.